The largest absolute Gasteiger partial charge is 0.481 e. The summed E-state index contributed by atoms with van der Waals surface area (Å²) < 4.78 is 5.36. The number of carbonyl (C=O) groups excluding carboxylic acids is 1. The number of para-hydroxylation sites is 1. The molecule has 0 spiro atoms. The molecule has 0 aromatic heterocycles. The third kappa shape index (κ3) is 45.7. The predicted octanol–water partition coefficient (Wildman–Crippen LogP) is 19.4. The molecule has 0 unspecified atom stereocenters. The molecule has 0 aliphatic rings. The molecule has 0 heterocycles. The first-order valence-corrected chi connectivity index (χ1v) is 27.2. The Hall–Kier alpha value is -1.84. The van der Waals surface area contributed by atoms with Gasteiger partial charge in [0.25, 0.3) is 0 Å². The molecule has 0 aliphatic carbocycles. The van der Waals surface area contributed by atoms with Gasteiger partial charge >= 0.3 is 11.9 Å². The van der Waals surface area contributed by atoms with E-state index in [0.717, 1.165) is 25.7 Å². The first kappa shape index (κ1) is 56.2. The number of rotatable bonds is 50. The van der Waals surface area contributed by atoms with Gasteiger partial charge in [0, 0.05) is 12.8 Å². The van der Waals surface area contributed by atoms with E-state index in [1.807, 2.05) is 30.3 Å². The van der Waals surface area contributed by atoms with Gasteiger partial charge in [0.05, 0.1) is 0 Å². The van der Waals surface area contributed by atoms with Crippen molar-refractivity contribution in [2.24, 2.45) is 0 Å². The minimum atomic E-state index is -0.649. The third-order valence-electron chi connectivity index (χ3n) is 13.0. The number of carboxylic acids is 1. The fourth-order valence-corrected chi connectivity index (χ4v) is 8.99. The van der Waals surface area contributed by atoms with Crippen LogP contribution in [0.1, 0.15) is 308 Å². The molecule has 4 nitrogen and oxygen atoms in total. The lowest BCUT2D eigenvalue weighted by atomic mass is 10.0. The minimum Gasteiger partial charge on any atom is -0.481 e. The zero-order valence-electron chi connectivity index (χ0n) is 40.0. The molecule has 1 rings (SSSR count). The highest BCUT2D eigenvalue weighted by molar-refractivity contribution is 5.72. The number of aliphatic carboxylic acids is 1. The van der Waals surface area contributed by atoms with Crippen molar-refractivity contribution in [2.75, 3.05) is 0 Å². The second-order valence-corrected chi connectivity index (χ2v) is 18.9. The zero-order chi connectivity index (χ0) is 42.9. The number of hydrogen-bond donors (Lipinski definition) is 1. The summed E-state index contributed by atoms with van der Waals surface area (Å²) in [6.07, 6.45) is 64.8. The Bertz CT molecular complexity index is 992. The molecule has 1 aromatic carbocycles. The normalized spacial score (nSPS) is 11.4. The average molecular weight is 839 g/mol. The smallest absolute Gasteiger partial charge is 0.311 e. The number of benzene rings is 1. The zero-order valence-corrected chi connectivity index (χ0v) is 40.0. The second kappa shape index (κ2) is 48.2. The molecule has 60 heavy (non-hydrogen) atoms. The molecule has 0 aliphatic heterocycles. The highest BCUT2D eigenvalue weighted by atomic mass is 16.5. The molecule has 350 valence electrons. The highest BCUT2D eigenvalue weighted by Gasteiger charge is 2.04. The van der Waals surface area contributed by atoms with Crippen molar-refractivity contribution in [1.29, 1.82) is 0 Å². The van der Waals surface area contributed by atoms with Crippen LogP contribution in [0.5, 0.6) is 5.75 Å². The molecule has 1 aromatic rings. The average Bonchev–Trinajstić information content (AvgIpc) is 3.25. The SMILES string of the molecule is O=C(O)CCCCCCCCCCCCCCCCCCCCCCCCCCCCCCCCCCCCCCCCCCCCCCCCC(=O)Oc1ccccc1. The second-order valence-electron chi connectivity index (χ2n) is 18.9. The van der Waals surface area contributed by atoms with Gasteiger partial charge in [-0.05, 0) is 25.0 Å². The van der Waals surface area contributed by atoms with Crippen LogP contribution in [0.3, 0.4) is 0 Å². The van der Waals surface area contributed by atoms with Crippen LogP contribution >= 0.6 is 0 Å². The summed E-state index contributed by atoms with van der Waals surface area (Å²) in [7, 11) is 0. The summed E-state index contributed by atoms with van der Waals surface area (Å²) in [5.41, 5.74) is 0. The van der Waals surface area contributed by atoms with Crippen molar-refractivity contribution in [3.63, 3.8) is 0 Å². The van der Waals surface area contributed by atoms with E-state index >= 15 is 0 Å². The van der Waals surface area contributed by atoms with Gasteiger partial charge in [-0.1, -0.05) is 301 Å². The molecule has 0 amide bonds. The van der Waals surface area contributed by atoms with Crippen LogP contribution in [0, 0.1) is 0 Å². The first-order valence-electron chi connectivity index (χ1n) is 27.2. The maximum absolute atomic E-state index is 11.9. The quantitative estimate of drug-likeness (QED) is 0.0403. The molecule has 0 bridgehead atoms. The van der Waals surface area contributed by atoms with E-state index in [-0.39, 0.29) is 5.97 Å². The summed E-state index contributed by atoms with van der Waals surface area (Å²) in [4.78, 5) is 22.4. The summed E-state index contributed by atoms with van der Waals surface area (Å²) in [6, 6.07) is 9.40. The summed E-state index contributed by atoms with van der Waals surface area (Å²) in [5.74, 6) is -0.0973. The van der Waals surface area contributed by atoms with Gasteiger partial charge in [0.2, 0.25) is 0 Å². The van der Waals surface area contributed by atoms with E-state index in [9.17, 15) is 9.59 Å². The van der Waals surface area contributed by atoms with Gasteiger partial charge < -0.3 is 9.84 Å². The molecular weight excluding hydrogens is 737 g/mol. The van der Waals surface area contributed by atoms with Gasteiger partial charge in [0.1, 0.15) is 5.75 Å². The number of carboxylic acid groups (broad SMARTS) is 1. The van der Waals surface area contributed by atoms with Crippen molar-refractivity contribution in [2.45, 2.75) is 308 Å². The van der Waals surface area contributed by atoms with Gasteiger partial charge in [0.15, 0.2) is 0 Å². The molecule has 0 saturated heterocycles. The first-order chi connectivity index (χ1) is 29.7. The Kier molecular flexibility index (Phi) is 45.1. The molecule has 4 heteroatoms. The van der Waals surface area contributed by atoms with Crippen LogP contribution in [-0.4, -0.2) is 17.0 Å². The number of esters is 1. The van der Waals surface area contributed by atoms with Crippen LogP contribution < -0.4 is 4.74 Å². The Morgan fingerprint density at radius 3 is 0.667 bits per heavy atom. The molecule has 0 saturated carbocycles. The van der Waals surface area contributed by atoms with Crippen LogP contribution in [0.4, 0.5) is 0 Å². The van der Waals surface area contributed by atoms with Crippen molar-refractivity contribution in [3.05, 3.63) is 30.3 Å². The van der Waals surface area contributed by atoms with Crippen molar-refractivity contribution >= 4 is 11.9 Å². The number of hydrogen-bond acceptors (Lipinski definition) is 3. The highest BCUT2D eigenvalue weighted by Crippen LogP contribution is 2.19. The lowest BCUT2D eigenvalue weighted by Crippen LogP contribution is -2.07. The van der Waals surface area contributed by atoms with Crippen LogP contribution in [0.25, 0.3) is 0 Å². The van der Waals surface area contributed by atoms with Crippen LogP contribution in [-0.2, 0) is 9.59 Å². The Morgan fingerprint density at radius 2 is 0.467 bits per heavy atom. The molecular formula is C56H102O4. The molecule has 0 fully saturated rings. The molecule has 0 atom stereocenters. The summed E-state index contributed by atoms with van der Waals surface area (Å²) >= 11 is 0. The van der Waals surface area contributed by atoms with Crippen LogP contribution in [0.2, 0.25) is 0 Å². The Morgan fingerprint density at radius 1 is 0.283 bits per heavy atom. The van der Waals surface area contributed by atoms with Gasteiger partial charge in [-0.25, -0.2) is 0 Å². The van der Waals surface area contributed by atoms with Crippen molar-refractivity contribution in [3.8, 4) is 5.75 Å². The monoisotopic (exact) mass is 839 g/mol. The van der Waals surface area contributed by atoms with E-state index in [1.165, 1.54) is 270 Å². The summed E-state index contributed by atoms with van der Waals surface area (Å²) in [5, 5.41) is 8.67. The minimum absolute atomic E-state index is 0.102. The maximum Gasteiger partial charge on any atom is 0.311 e. The fraction of sp³-hybridized carbons (Fsp3) is 0.857. The Labute approximate surface area is 374 Å². The molecule has 0 radical (unpaired) electrons. The van der Waals surface area contributed by atoms with Gasteiger partial charge in [-0.2, -0.15) is 0 Å². The lowest BCUT2D eigenvalue weighted by Gasteiger charge is -2.05. The topological polar surface area (TPSA) is 63.6 Å². The Balaban J connectivity index is 1.61. The van der Waals surface area contributed by atoms with Crippen molar-refractivity contribution < 1.29 is 19.4 Å². The van der Waals surface area contributed by atoms with Gasteiger partial charge in [-0.15, -0.1) is 0 Å². The molecule has 1 N–H and O–H groups in total. The van der Waals surface area contributed by atoms with Crippen LogP contribution in [0.15, 0.2) is 30.3 Å². The van der Waals surface area contributed by atoms with E-state index in [2.05, 4.69) is 0 Å². The fourth-order valence-electron chi connectivity index (χ4n) is 8.99. The predicted molar refractivity (Wildman–Crippen MR) is 261 cm³/mol. The van der Waals surface area contributed by atoms with Gasteiger partial charge in [-0.3, -0.25) is 9.59 Å². The van der Waals surface area contributed by atoms with E-state index in [0.29, 0.717) is 18.6 Å². The van der Waals surface area contributed by atoms with E-state index in [1.54, 1.807) is 0 Å². The number of carbonyl (C=O) groups is 2. The maximum atomic E-state index is 11.9. The van der Waals surface area contributed by atoms with E-state index < -0.39 is 5.97 Å². The third-order valence-corrected chi connectivity index (χ3v) is 13.0. The lowest BCUT2D eigenvalue weighted by molar-refractivity contribution is -0.137. The summed E-state index contributed by atoms with van der Waals surface area (Å²) in [6.45, 7) is 0. The standard InChI is InChI=1S/C56H102O4/c57-55(58)52-48-43-41-39-37-35-33-31-29-27-25-23-21-19-17-15-13-11-9-7-5-3-1-2-4-6-8-10-12-14-16-18-20-22-24-26-28-30-32-34-36-38-40-42-44-49-53-56(59)60-54-50-46-45-47-51-54/h45-47,50-51H,1-44,48-49,52-53H2,(H,57,58). The van der Waals surface area contributed by atoms with Crippen molar-refractivity contribution in [1.82, 2.24) is 0 Å². The number of unbranched alkanes of at least 4 members (excludes halogenated alkanes) is 45. The number of ether oxygens (including phenoxy) is 1. The van der Waals surface area contributed by atoms with E-state index in [4.69, 9.17) is 9.84 Å².